The first-order valence-electron chi connectivity index (χ1n) is 6.12. The fourth-order valence-corrected chi connectivity index (χ4v) is 2.08. The Morgan fingerprint density at radius 1 is 1.35 bits per heavy atom. The molecular formula is C12H22N2O3. The van der Waals surface area contributed by atoms with Gasteiger partial charge in [-0.1, -0.05) is 13.8 Å². The van der Waals surface area contributed by atoms with Crippen LogP contribution >= 0.6 is 0 Å². The molecule has 0 aromatic heterocycles. The zero-order valence-electron chi connectivity index (χ0n) is 11.0. The monoisotopic (exact) mass is 242 g/mol. The smallest absolute Gasteiger partial charge is 0.326 e. The Morgan fingerprint density at radius 3 is 2.41 bits per heavy atom. The number of urea groups is 1. The number of carbonyl (C=O) groups excluding carboxylic acids is 1. The molecule has 0 aliphatic carbocycles. The zero-order chi connectivity index (χ0) is 13.2. The van der Waals surface area contributed by atoms with Gasteiger partial charge in [0.05, 0.1) is 0 Å². The zero-order valence-corrected chi connectivity index (χ0v) is 11.0. The molecule has 1 saturated heterocycles. The van der Waals surface area contributed by atoms with Crippen LogP contribution in [0.15, 0.2) is 0 Å². The second-order valence-electron chi connectivity index (χ2n) is 5.07. The fraction of sp³-hybridized carbons (Fsp3) is 0.833. The maximum Gasteiger partial charge on any atom is 0.326 e. The molecule has 0 bridgehead atoms. The molecule has 1 aliphatic heterocycles. The molecule has 5 nitrogen and oxygen atoms in total. The maximum absolute atomic E-state index is 12.2. The van der Waals surface area contributed by atoms with Gasteiger partial charge in [-0.25, -0.2) is 9.59 Å². The first kappa shape index (κ1) is 13.8. The standard InChI is InChI=1S/C12H22N2O3/c1-8(2)9(3)13(4)12(17)14-7-5-6-10(14)11(15)16/h8-10H,5-7H2,1-4H3,(H,15,16)/t9?,10-/m1/s1. The van der Waals surface area contributed by atoms with Crippen LogP contribution in [0.5, 0.6) is 0 Å². The van der Waals surface area contributed by atoms with E-state index >= 15 is 0 Å². The third-order valence-electron chi connectivity index (χ3n) is 3.66. The van der Waals surface area contributed by atoms with Crippen LogP contribution in [-0.2, 0) is 4.79 Å². The SMILES string of the molecule is CC(C)C(C)N(C)C(=O)N1CCC[C@@H]1C(=O)O. The van der Waals surface area contributed by atoms with E-state index in [1.807, 2.05) is 20.8 Å². The normalized spacial score (nSPS) is 21.7. The van der Waals surface area contributed by atoms with Crippen molar-refractivity contribution in [2.75, 3.05) is 13.6 Å². The minimum atomic E-state index is -0.901. The van der Waals surface area contributed by atoms with Crippen LogP contribution in [-0.4, -0.2) is 52.6 Å². The van der Waals surface area contributed by atoms with Crippen LogP contribution in [0, 0.1) is 5.92 Å². The van der Waals surface area contributed by atoms with Crippen molar-refractivity contribution in [2.24, 2.45) is 5.92 Å². The molecule has 0 saturated carbocycles. The summed E-state index contributed by atoms with van der Waals surface area (Å²) >= 11 is 0. The highest BCUT2D eigenvalue weighted by Crippen LogP contribution is 2.20. The lowest BCUT2D eigenvalue weighted by Crippen LogP contribution is -2.50. The van der Waals surface area contributed by atoms with Crippen LogP contribution in [0.25, 0.3) is 0 Å². The lowest BCUT2D eigenvalue weighted by atomic mass is 10.1. The van der Waals surface area contributed by atoms with Crippen molar-refractivity contribution >= 4 is 12.0 Å². The summed E-state index contributed by atoms with van der Waals surface area (Å²) in [7, 11) is 1.74. The molecule has 1 unspecified atom stereocenters. The quantitative estimate of drug-likeness (QED) is 0.818. The van der Waals surface area contributed by atoms with Crippen molar-refractivity contribution in [2.45, 2.75) is 45.7 Å². The highest BCUT2D eigenvalue weighted by atomic mass is 16.4. The summed E-state index contributed by atoms with van der Waals surface area (Å²) < 4.78 is 0. The van der Waals surface area contributed by atoms with Gasteiger partial charge in [0.1, 0.15) is 6.04 Å². The van der Waals surface area contributed by atoms with Crippen molar-refractivity contribution in [3.63, 3.8) is 0 Å². The van der Waals surface area contributed by atoms with Gasteiger partial charge in [0.25, 0.3) is 0 Å². The Labute approximate surface area is 102 Å². The number of hydrogen-bond donors (Lipinski definition) is 1. The van der Waals surface area contributed by atoms with Crippen LogP contribution in [0.3, 0.4) is 0 Å². The molecule has 5 heteroatoms. The fourth-order valence-electron chi connectivity index (χ4n) is 2.08. The van der Waals surface area contributed by atoms with Gasteiger partial charge in [0.2, 0.25) is 0 Å². The highest BCUT2D eigenvalue weighted by Gasteiger charge is 2.36. The molecule has 1 aliphatic rings. The molecular weight excluding hydrogens is 220 g/mol. The number of nitrogens with zero attached hydrogens (tertiary/aromatic N) is 2. The predicted molar refractivity (Wildman–Crippen MR) is 64.8 cm³/mol. The van der Waals surface area contributed by atoms with Crippen LogP contribution in [0.4, 0.5) is 4.79 Å². The minimum absolute atomic E-state index is 0.109. The van der Waals surface area contributed by atoms with Crippen LogP contribution in [0.2, 0.25) is 0 Å². The summed E-state index contributed by atoms with van der Waals surface area (Å²) in [6, 6.07) is -0.710. The van der Waals surface area contributed by atoms with Gasteiger partial charge >= 0.3 is 12.0 Å². The molecule has 17 heavy (non-hydrogen) atoms. The minimum Gasteiger partial charge on any atom is -0.480 e. The molecule has 0 aromatic rings. The predicted octanol–water partition coefficient (Wildman–Crippen LogP) is 1.63. The number of carboxylic acid groups (broad SMARTS) is 1. The van der Waals surface area contributed by atoms with E-state index in [4.69, 9.17) is 5.11 Å². The molecule has 0 radical (unpaired) electrons. The van der Waals surface area contributed by atoms with Gasteiger partial charge in [-0.05, 0) is 25.7 Å². The summed E-state index contributed by atoms with van der Waals surface area (Å²) in [5.41, 5.74) is 0. The summed E-state index contributed by atoms with van der Waals surface area (Å²) in [4.78, 5) is 26.3. The highest BCUT2D eigenvalue weighted by molar-refractivity contribution is 5.83. The molecule has 1 heterocycles. The Balaban J connectivity index is 2.72. The molecule has 1 fully saturated rings. The number of hydrogen-bond acceptors (Lipinski definition) is 2. The van der Waals surface area contributed by atoms with Gasteiger partial charge in [-0.3, -0.25) is 0 Å². The summed E-state index contributed by atoms with van der Waals surface area (Å²) in [6.45, 7) is 6.62. The van der Waals surface area contributed by atoms with Crippen molar-refractivity contribution in [3.05, 3.63) is 0 Å². The number of amides is 2. The van der Waals surface area contributed by atoms with E-state index in [0.717, 1.165) is 6.42 Å². The lowest BCUT2D eigenvalue weighted by Gasteiger charge is -2.33. The Bertz CT molecular complexity index is 304. The molecule has 2 amide bonds. The van der Waals surface area contributed by atoms with E-state index in [-0.39, 0.29) is 12.1 Å². The number of carboxylic acids is 1. The molecule has 2 atom stereocenters. The first-order chi connectivity index (χ1) is 7.86. The Kier molecular flexibility index (Phi) is 4.37. The van der Waals surface area contributed by atoms with E-state index in [1.54, 1.807) is 11.9 Å². The second kappa shape index (κ2) is 5.38. The third-order valence-corrected chi connectivity index (χ3v) is 3.66. The topological polar surface area (TPSA) is 60.9 Å². The molecule has 1 rings (SSSR count). The Morgan fingerprint density at radius 2 is 1.94 bits per heavy atom. The van der Waals surface area contributed by atoms with E-state index in [2.05, 4.69) is 0 Å². The van der Waals surface area contributed by atoms with Crippen molar-refractivity contribution in [3.8, 4) is 0 Å². The Hall–Kier alpha value is -1.26. The van der Waals surface area contributed by atoms with E-state index in [9.17, 15) is 9.59 Å². The van der Waals surface area contributed by atoms with Gasteiger partial charge < -0.3 is 14.9 Å². The first-order valence-corrected chi connectivity index (χ1v) is 6.12. The molecule has 0 aromatic carbocycles. The molecule has 0 spiro atoms. The summed E-state index contributed by atoms with van der Waals surface area (Å²) in [5.74, 6) is -0.545. The lowest BCUT2D eigenvalue weighted by molar-refractivity contribution is -0.141. The van der Waals surface area contributed by atoms with E-state index in [0.29, 0.717) is 18.9 Å². The molecule has 98 valence electrons. The summed E-state index contributed by atoms with van der Waals surface area (Å²) in [6.07, 6.45) is 1.33. The van der Waals surface area contributed by atoms with Gasteiger partial charge in [-0.2, -0.15) is 0 Å². The average molecular weight is 242 g/mol. The van der Waals surface area contributed by atoms with Crippen molar-refractivity contribution < 1.29 is 14.7 Å². The van der Waals surface area contributed by atoms with Crippen LogP contribution in [0.1, 0.15) is 33.6 Å². The third kappa shape index (κ3) is 2.90. The molecule has 1 N–H and O–H groups in total. The van der Waals surface area contributed by atoms with Crippen LogP contribution < -0.4 is 0 Å². The van der Waals surface area contributed by atoms with Gasteiger partial charge in [-0.15, -0.1) is 0 Å². The number of aliphatic carboxylic acids is 1. The van der Waals surface area contributed by atoms with E-state index < -0.39 is 12.0 Å². The average Bonchev–Trinajstić information content (AvgIpc) is 2.74. The number of likely N-dealkylation sites (tertiary alicyclic amines) is 1. The van der Waals surface area contributed by atoms with Crippen molar-refractivity contribution in [1.29, 1.82) is 0 Å². The maximum atomic E-state index is 12.2. The second-order valence-corrected chi connectivity index (χ2v) is 5.07. The van der Waals surface area contributed by atoms with Crippen molar-refractivity contribution in [1.82, 2.24) is 9.80 Å². The number of rotatable bonds is 3. The number of carbonyl (C=O) groups is 2. The van der Waals surface area contributed by atoms with Gasteiger partial charge in [0, 0.05) is 19.6 Å². The largest absolute Gasteiger partial charge is 0.480 e. The summed E-state index contributed by atoms with van der Waals surface area (Å²) in [5, 5.41) is 9.05. The van der Waals surface area contributed by atoms with Gasteiger partial charge in [0.15, 0.2) is 0 Å². The van der Waals surface area contributed by atoms with E-state index in [1.165, 1.54) is 4.90 Å².